The van der Waals surface area contributed by atoms with E-state index in [1.54, 1.807) is 6.20 Å². The average molecular weight is 342 g/mol. The Morgan fingerprint density at radius 2 is 1.86 bits per heavy atom. The first kappa shape index (κ1) is 14.2. The number of aromatic nitrogens is 1. The lowest BCUT2D eigenvalue weighted by atomic mass is 9.97. The van der Waals surface area contributed by atoms with Crippen LogP contribution in [0.25, 0.3) is 10.8 Å². The molecule has 0 aliphatic carbocycles. The fourth-order valence-corrected chi connectivity index (χ4v) is 3.11. The van der Waals surface area contributed by atoms with Crippen LogP contribution in [-0.2, 0) is 6.42 Å². The van der Waals surface area contributed by atoms with Gasteiger partial charge in [0.2, 0.25) is 0 Å². The van der Waals surface area contributed by atoms with Crippen molar-refractivity contribution in [3.63, 3.8) is 0 Å². The molecule has 4 heteroatoms. The summed E-state index contributed by atoms with van der Waals surface area (Å²) in [4.78, 5) is 4.44. The van der Waals surface area contributed by atoms with Crippen LogP contribution >= 0.6 is 15.9 Å². The van der Waals surface area contributed by atoms with E-state index >= 15 is 0 Å². The van der Waals surface area contributed by atoms with Crippen molar-refractivity contribution in [1.82, 2.24) is 10.4 Å². The van der Waals surface area contributed by atoms with Crippen molar-refractivity contribution < 1.29 is 0 Å². The molecule has 0 saturated heterocycles. The van der Waals surface area contributed by atoms with Gasteiger partial charge in [-0.3, -0.25) is 16.3 Å². The molecule has 3 nitrogen and oxygen atoms in total. The van der Waals surface area contributed by atoms with Crippen molar-refractivity contribution in [3.05, 3.63) is 76.5 Å². The summed E-state index contributed by atoms with van der Waals surface area (Å²) in [7, 11) is 0. The SMILES string of the molecule is NNC(Cc1cccc2ccccc12)c1ncccc1Br. The lowest BCUT2D eigenvalue weighted by molar-refractivity contribution is 0.537. The Morgan fingerprint density at radius 1 is 1.05 bits per heavy atom. The fraction of sp³-hybridized carbons (Fsp3) is 0.118. The average Bonchev–Trinajstić information content (AvgIpc) is 2.53. The number of fused-ring (bicyclic) bond motifs is 1. The molecule has 0 bridgehead atoms. The molecule has 21 heavy (non-hydrogen) atoms. The fourth-order valence-electron chi connectivity index (χ4n) is 2.58. The number of halogens is 1. The molecule has 3 N–H and O–H groups in total. The quantitative estimate of drug-likeness (QED) is 0.561. The molecular weight excluding hydrogens is 326 g/mol. The summed E-state index contributed by atoms with van der Waals surface area (Å²) in [5, 5.41) is 2.50. The van der Waals surface area contributed by atoms with Gasteiger partial charge in [0.05, 0.1) is 11.7 Å². The summed E-state index contributed by atoms with van der Waals surface area (Å²) < 4.78 is 0.966. The van der Waals surface area contributed by atoms with E-state index in [0.717, 1.165) is 16.6 Å². The Bertz CT molecular complexity index is 752. The van der Waals surface area contributed by atoms with Gasteiger partial charge in [0.15, 0.2) is 0 Å². The molecule has 2 aromatic carbocycles. The summed E-state index contributed by atoms with van der Waals surface area (Å²) in [6, 6.07) is 18.6. The van der Waals surface area contributed by atoms with Crippen molar-refractivity contribution in [2.24, 2.45) is 5.84 Å². The highest BCUT2D eigenvalue weighted by Crippen LogP contribution is 2.26. The minimum Gasteiger partial charge on any atom is -0.271 e. The van der Waals surface area contributed by atoms with Crippen LogP contribution < -0.4 is 11.3 Å². The topological polar surface area (TPSA) is 50.9 Å². The van der Waals surface area contributed by atoms with Gasteiger partial charge in [-0.15, -0.1) is 0 Å². The summed E-state index contributed by atoms with van der Waals surface area (Å²) in [6.07, 6.45) is 2.57. The summed E-state index contributed by atoms with van der Waals surface area (Å²) >= 11 is 3.54. The first-order valence-electron chi connectivity index (χ1n) is 6.83. The number of benzene rings is 2. The Morgan fingerprint density at radius 3 is 2.67 bits per heavy atom. The number of pyridine rings is 1. The van der Waals surface area contributed by atoms with Gasteiger partial charge in [0.25, 0.3) is 0 Å². The van der Waals surface area contributed by atoms with E-state index < -0.39 is 0 Å². The second-order valence-corrected chi connectivity index (χ2v) is 5.79. The van der Waals surface area contributed by atoms with Gasteiger partial charge < -0.3 is 0 Å². The van der Waals surface area contributed by atoms with E-state index in [-0.39, 0.29) is 6.04 Å². The second kappa shape index (κ2) is 6.35. The van der Waals surface area contributed by atoms with Crippen LogP contribution in [0.2, 0.25) is 0 Å². The molecule has 1 atom stereocenters. The van der Waals surface area contributed by atoms with Gasteiger partial charge in [0, 0.05) is 10.7 Å². The van der Waals surface area contributed by atoms with Gasteiger partial charge in [-0.2, -0.15) is 0 Å². The van der Waals surface area contributed by atoms with Gasteiger partial charge in [0.1, 0.15) is 0 Å². The normalized spacial score (nSPS) is 12.5. The molecule has 0 aliphatic heterocycles. The minimum absolute atomic E-state index is 0.0358. The highest BCUT2D eigenvalue weighted by Gasteiger charge is 2.16. The lowest BCUT2D eigenvalue weighted by Crippen LogP contribution is -2.30. The molecule has 0 radical (unpaired) electrons. The Balaban J connectivity index is 1.98. The largest absolute Gasteiger partial charge is 0.271 e. The Kier molecular flexibility index (Phi) is 4.29. The Hall–Kier alpha value is -1.75. The maximum Gasteiger partial charge on any atom is 0.0731 e. The number of hydrogen-bond acceptors (Lipinski definition) is 3. The molecule has 3 rings (SSSR count). The molecule has 1 heterocycles. The number of rotatable bonds is 4. The van der Waals surface area contributed by atoms with E-state index in [2.05, 4.69) is 68.8 Å². The van der Waals surface area contributed by atoms with Gasteiger partial charge in [-0.05, 0) is 50.8 Å². The van der Waals surface area contributed by atoms with Gasteiger partial charge in [-0.25, -0.2) is 0 Å². The third-order valence-corrected chi connectivity index (χ3v) is 4.29. The third kappa shape index (κ3) is 2.97. The molecule has 0 fully saturated rings. The molecule has 106 valence electrons. The first-order chi connectivity index (χ1) is 10.3. The molecule has 3 aromatic rings. The number of nitrogens with one attached hydrogen (secondary N) is 1. The summed E-state index contributed by atoms with van der Waals surface area (Å²) in [6.45, 7) is 0. The number of nitrogens with zero attached hydrogens (tertiary/aromatic N) is 1. The van der Waals surface area contributed by atoms with Gasteiger partial charge in [-0.1, -0.05) is 42.5 Å². The predicted molar refractivity (Wildman–Crippen MR) is 89.7 cm³/mol. The van der Waals surface area contributed by atoms with Crippen molar-refractivity contribution in [1.29, 1.82) is 0 Å². The van der Waals surface area contributed by atoms with Crippen molar-refractivity contribution in [3.8, 4) is 0 Å². The zero-order chi connectivity index (χ0) is 14.7. The van der Waals surface area contributed by atoms with Crippen LogP contribution in [0.4, 0.5) is 0 Å². The molecule has 1 aromatic heterocycles. The number of hydrazine groups is 1. The van der Waals surface area contributed by atoms with Gasteiger partial charge >= 0.3 is 0 Å². The van der Waals surface area contributed by atoms with E-state index in [4.69, 9.17) is 5.84 Å². The van der Waals surface area contributed by atoms with Crippen LogP contribution in [0.15, 0.2) is 65.3 Å². The molecule has 1 unspecified atom stereocenters. The second-order valence-electron chi connectivity index (χ2n) is 4.93. The molecular formula is C17H16BrN3. The highest BCUT2D eigenvalue weighted by molar-refractivity contribution is 9.10. The molecule has 0 amide bonds. The van der Waals surface area contributed by atoms with Crippen LogP contribution in [0.3, 0.4) is 0 Å². The summed E-state index contributed by atoms with van der Waals surface area (Å²) in [5.74, 6) is 5.75. The first-order valence-corrected chi connectivity index (χ1v) is 7.62. The van der Waals surface area contributed by atoms with E-state index in [1.807, 2.05) is 12.1 Å². The van der Waals surface area contributed by atoms with E-state index in [1.165, 1.54) is 16.3 Å². The predicted octanol–water partition coefficient (Wildman–Crippen LogP) is 3.74. The number of nitrogens with two attached hydrogens (primary N) is 1. The smallest absolute Gasteiger partial charge is 0.0731 e. The van der Waals surface area contributed by atoms with Crippen molar-refractivity contribution in [2.75, 3.05) is 0 Å². The minimum atomic E-state index is -0.0358. The van der Waals surface area contributed by atoms with Crippen LogP contribution in [-0.4, -0.2) is 4.98 Å². The summed E-state index contributed by atoms with van der Waals surface area (Å²) in [5.41, 5.74) is 5.06. The standard InChI is InChI=1S/C17H16BrN3/c18-15-9-4-10-20-17(15)16(21-19)11-13-7-3-6-12-5-1-2-8-14(12)13/h1-10,16,21H,11,19H2. The van der Waals surface area contributed by atoms with Crippen LogP contribution in [0.1, 0.15) is 17.3 Å². The molecule has 0 spiro atoms. The van der Waals surface area contributed by atoms with E-state index in [9.17, 15) is 0 Å². The van der Waals surface area contributed by atoms with Crippen molar-refractivity contribution in [2.45, 2.75) is 12.5 Å². The van der Waals surface area contributed by atoms with Crippen LogP contribution in [0.5, 0.6) is 0 Å². The highest BCUT2D eigenvalue weighted by atomic mass is 79.9. The Labute approximate surface area is 132 Å². The monoisotopic (exact) mass is 341 g/mol. The van der Waals surface area contributed by atoms with E-state index in [0.29, 0.717) is 0 Å². The molecule has 0 aliphatic rings. The zero-order valence-corrected chi connectivity index (χ0v) is 13.0. The van der Waals surface area contributed by atoms with Crippen LogP contribution in [0, 0.1) is 0 Å². The van der Waals surface area contributed by atoms with Crippen molar-refractivity contribution >= 4 is 26.7 Å². The molecule has 0 saturated carbocycles. The zero-order valence-electron chi connectivity index (χ0n) is 11.5. The number of hydrogen-bond donors (Lipinski definition) is 2. The maximum atomic E-state index is 5.75. The third-order valence-electron chi connectivity index (χ3n) is 3.62. The maximum absolute atomic E-state index is 5.75. The lowest BCUT2D eigenvalue weighted by Gasteiger charge is -2.18.